The Morgan fingerprint density at radius 1 is 1.00 bits per heavy atom. The monoisotopic (exact) mass is 446 g/mol. The first-order valence-electron chi connectivity index (χ1n) is 9.55. The summed E-state index contributed by atoms with van der Waals surface area (Å²) < 4.78 is 10.7. The molecule has 0 unspecified atom stereocenters. The van der Waals surface area contributed by atoms with Crippen LogP contribution in [-0.2, 0) is 4.79 Å². The Labute approximate surface area is 190 Å². The van der Waals surface area contributed by atoms with Crippen molar-refractivity contribution in [1.29, 1.82) is 5.26 Å². The molecule has 0 aliphatic carbocycles. The molecule has 0 aliphatic heterocycles. The predicted octanol–water partition coefficient (Wildman–Crippen LogP) is 5.42. The number of hydrogen-bond donors (Lipinski definition) is 1. The van der Waals surface area contributed by atoms with Gasteiger partial charge in [-0.1, -0.05) is 35.4 Å². The zero-order valence-electron chi connectivity index (χ0n) is 17.4. The lowest BCUT2D eigenvalue weighted by Gasteiger charge is -2.10. The van der Waals surface area contributed by atoms with E-state index in [0.29, 0.717) is 21.8 Å². The molecule has 0 bridgehead atoms. The van der Waals surface area contributed by atoms with Gasteiger partial charge in [0.05, 0.1) is 12.7 Å². The van der Waals surface area contributed by atoms with Crippen molar-refractivity contribution < 1.29 is 19.1 Å². The maximum atomic E-state index is 12.5. The van der Waals surface area contributed by atoms with E-state index in [4.69, 9.17) is 21.1 Å². The van der Waals surface area contributed by atoms with Gasteiger partial charge in [0.15, 0.2) is 11.5 Å². The molecule has 3 aromatic rings. The second-order valence-electron chi connectivity index (χ2n) is 6.80. The number of rotatable bonds is 6. The molecule has 32 heavy (non-hydrogen) atoms. The van der Waals surface area contributed by atoms with Gasteiger partial charge in [0.2, 0.25) is 0 Å². The molecule has 0 radical (unpaired) electrons. The van der Waals surface area contributed by atoms with Crippen molar-refractivity contribution in [3.8, 4) is 17.6 Å². The van der Waals surface area contributed by atoms with E-state index in [1.807, 2.05) is 25.1 Å². The lowest BCUT2D eigenvalue weighted by atomic mass is 10.1. The third kappa shape index (κ3) is 5.75. The van der Waals surface area contributed by atoms with Gasteiger partial charge in [0.1, 0.15) is 11.6 Å². The summed E-state index contributed by atoms with van der Waals surface area (Å²) in [6.07, 6.45) is 1.43. The number of methoxy groups -OCH3 is 1. The molecule has 1 N–H and O–H groups in total. The number of esters is 1. The SMILES string of the molecule is COc1cc(/C=C(\C#N)C(=O)Nc2ccc(C)cc2)ccc1OC(=O)c1ccc(Cl)cc1. The summed E-state index contributed by atoms with van der Waals surface area (Å²) in [5.41, 5.74) is 2.43. The van der Waals surface area contributed by atoms with Gasteiger partial charge >= 0.3 is 5.97 Å². The summed E-state index contributed by atoms with van der Waals surface area (Å²) in [4.78, 5) is 24.8. The molecule has 3 rings (SSSR count). The van der Waals surface area contributed by atoms with Crippen molar-refractivity contribution >= 4 is 35.2 Å². The fourth-order valence-electron chi connectivity index (χ4n) is 2.75. The number of benzene rings is 3. The number of anilines is 1. The van der Waals surface area contributed by atoms with E-state index in [9.17, 15) is 14.9 Å². The smallest absolute Gasteiger partial charge is 0.343 e. The number of halogens is 1. The molecule has 6 nitrogen and oxygen atoms in total. The third-order valence-corrected chi connectivity index (χ3v) is 4.71. The molecule has 0 saturated heterocycles. The largest absolute Gasteiger partial charge is 0.493 e. The van der Waals surface area contributed by atoms with Crippen LogP contribution in [0.2, 0.25) is 5.02 Å². The number of aryl methyl sites for hydroxylation is 1. The molecule has 3 aromatic carbocycles. The van der Waals surface area contributed by atoms with E-state index in [1.54, 1.807) is 48.5 Å². The van der Waals surface area contributed by atoms with E-state index in [0.717, 1.165) is 5.56 Å². The summed E-state index contributed by atoms with van der Waals surface area (Å²) in [7, 11) is 1.43. The van der Waals surface area contributed by atoms with Gasteiger partial charge in [-0.15, -0.1) is 0 Å². The zero-order chi connectivity index (χ0) is 23.1. The minimum absolute atomic E-state index is 0.0847. The quantitative estimate of drug-likeness (QED) is 0.236. The van der Waals surface area contributed by atoms with Crippen molar-refractivity contribution in [3.05, 3.63) is 94.0 Å². The molecule has 7 heteroatoms. The Morgan fingerprint density at radius 3 is 2.31 bits per heavy atom. The lowest BCUT2D eigenvalue weighted by molar-refractivity contribution is -0.112. The van der Waals surface area contributed by atoms with Crippen LogP contribution in [0, 0.1) is 18.3 Å². The number of nitrogens with zero attached hydrogens (tertiary/aromatic N) is 1. The number of amides is 1. The Morgan fingerprint density at radius 2 is 1.69 bits per heavy atom. The molecule has 0 aromatic heterocycles. The average molecular weight is 447 g/mol. The first kappa shape index (κ1) is 22.6. The van der Waals surface area contributed by atoms with Crippen molar-refractivity contribution in [1.82, 2.24) is 0 Å². The highest BCUT2D eigenvalue weighted by molar-refractivity contribution is 6.30. The average Bonchev–Trinajstić information content (AvgIpc) is 2.80. The van der Waals surface area contributed by atoms with Crippen molar-refractivity contribution in [2.45, 2.75) is 6.92 Å². The fraction of sp³-hybridized carbons (Fsp3) is 0.0800. The molecular weight excluding hydrogens is 428 g/mol. The van der Waals surface area contributed by atoms with Crippen LogP contribution in [0.15, 0.2) is 72.3 Å². The summed E-state index contributed by atoms with van der Waals surface area (Å²) >= 11 is 5.84. The van der Waals surface area contributed by atoms with Crippen molar-refractivity contribution in [2.24, 2.45) is 0 Å². The van der Waals surface area contributed by atoms with Gasteiger partial charge in [0.25, 0.3) is 5.91 Å². The summed E-state index contributed by atoms with van der Waals surface area (Å²) in [6, 6.07) is 20.2. The van der Waals surface area contributed by atoms with Crippen LogP contribution in [0.25, 0.3) is 6.08 Å². The Hall–Kier alpha value is -4.08. The van der Waals surface area contributed by atoms with E-state index >= 15 is 0 Å². The molecule has 0 heterocycles. The highest BCUT2D eigenvalue weighted by Crippen LogP contribution is 2.30. The maximum Gasteiger partial charge on any atom is 0.343 e. The molecule has 0 fully saturated rings. The maximum absolute atomic E-state index is 12.5. The minimum Gasteiger partial charge on any atom is -0.493 e. The molecule has 1 amide bonds. The number of carbonyl (C=O) groups excluding carboxylic acids is 2. The Kier molecular flexibility index (Phi) is 7.27. The molecule has 0 spiro atoms. The number of nitriles is 1. The summed E-state index contributed by atoms with van der Waals surface area (Å²) in [5, 5.41) is 12.6. The van der Waals surface area contributed by atoms with Crippen LogP contribution in [0.4, 0.5) is 5.69 Å². The molecule has 0 atom stereocenters. The van der Waals surface area contributed by atoms with Crippen molar-refractivity contribution in [2.75, 3.05) is 12.4 Å². The number of nitrogens with one attached hydrogen (secondary N) is 1. The van der Waals surface area contributed by atoms with Gasteiger partial charge in [0, 0.05) is 10.7 Å². The molecule has 0 aliphatic rings. The van der Waals surface area contributed by atoms with Crippen LogP contribution in [0.5, 0.6) is 11.5 Å². The predicted molar refractivity (Wildman–Crippen MR) is 123 cm³/mol. The van der Waals surface area contributed by atoms with Crippen LogP contribution >= 0.6 is 11.6 Å². The topological polar surface area (TPSA) is 88.4 Å². The normalized spacial score (nSPS) is 10.8. The van der Waals surface area contributed by atoms with E-state index in [2.05, 4.69) is 5.32 Å². The lowest BCUT2D eigenvalue weighted by Crippen LogP contribution is -2.13. The first-order chi connectivity index (χ1) is 15.4. The van der Waals surface area contributed by atoms with E-state index in [1.165, 1.54) is 19.3 Å². The van der Waals surface area contributed by atoms with Crippen LogP contribution in [-0.4, -0.2) is 19.0 Å². The zero-order valence-corrected chi connectivity index (χ0v) is 18.1. The van der Waals surface area contributed by atoms with Gasteiger partial charge in [-0.05, 0) is 67.1 Å². The van der Waals surface area contributed by atoms with Gasteiger partial charge in [-0.3, -0.25) is 4.79 Å². The van der Waals surface area contributed by atoms with E-state index < -0.39 is 11.9 Å². The number of ether oxygens (including phenoxy) is 2. The molecule has 160 valence electrons. The van der Waals surface area contributed by atoms with Crippen LogP contribution in [0.1, 0.15) is 21.5 Å². The summed E-state index contributed by atoms with van der Waals surface area (Å²) in [6.45, 7) is 1.94. The molecular formula is C25H19ClN2O4. The fourth-order valence-corrected chi connectivity index (χ4v) is 2.88. The standard InChI is InChI=1S/C25H19ClN2O4/c1-16-3-10-21(11-4-16)28-24(29)19(15-27)13-17-5-12-22(23(14-17)31-2)32-25(30)18-6-8-20(26)9-7-18/h3-14H,1-2H3,(H,28,29)/b19-13+. The number of hydrogen-bond acceptors (Lipinski definition) is 5. The third-order valence-electron chi connectivity index (χ3n) is 4.46. The second-order valence-corrected chi connectivity index (χ2v) is 7.23. The molecule has 0 saturated carbocycles. The van der Waals surface area contributed by atoms with Crippen molar-refractivity contribution in [3.63, 3.8) is 0 Å². The number of carbonyl (C=O) groups is 2. The minimum atomic E-state index is -0.571. The Balaban J connectivity index is 1.78. The van der Waals surface area contributed by atoms with Crippen LogP contribution < -0.4 is 14.8 Å². The summed E-state index contributed by atoms with van der Waals surface area (Å²) in [5.74, 6) is -0.628. The first-order valence-corrected chi connectivity index (χ1v) is 9.93. The Bertz CT molecular complexity index is 1210. The van der Waals surface area contributed by atoms with Crippen LogP contribution in [0.3, 0.4) is 0 Å². The highest BCUT2D eigenvalue weighted by atomic mass is 35.5. The highest BCUT2D eigenvalue weighted by Gasteiger charge is 2.14. The van der Waals surface area contributed by atoms with E-state index in [-0.39, 0.29) is 17.1 Å². The second kappa shape index (κ2) is 10.3. The van der Waals surface area contributed by atoms with Gasteiger partial charge in [-0.2, -0.15) is 5.26 Å². The van der Waals surface area contributed by atoms with Gasteiger partial charge in [-0.25, -0.2) is 4.79 Å². The van der Waals surface area contributed by atoms with Gasteiger partial charge < -0.3 is 14.8 Å².